The van der Waals surface area contributed by atoms with Crippen LogP contribution in [0.25, 0.3) is 0 Å². The summed E-state index contributed by atoms with van der Waals surface area (Å²) in [5.74, 6) is 6.98. The van der Waals surface area contributed by atoms with Crippen LogP contribution in [0, 0.1) is 0 Å². The van der Waals surface area contributed by atoms with Crippen molar-refractivity contribution in [1.29, 1.82) is 0 Å². The lowest BCUT2D eigenvalue weighted by Crippen LogP contribution is -2.28. The van der Waals surface area contributed by atoms with Crippen molar-refractivity contribution in [2.24, 2.45) is 5.84 Å². The Hall–Kier alpha value is -1.52. The predicted octanol–water partition coefficient (Wildman–Crippen LogP) is 1.78. The molecule has 0 bridgehead atoms. The molecule has 0 aromatic heterocycles. The molecule has 0 radical (unpaired) electrons. The van der Waals surface area contributed by atoms with Gasteiger partial charge in [-0.15, -0.1) is 0 Å². The molecule has 0 aliphatic heterocycles. The second kappa shape index (κ2) is 5.53. The Balaban J connectivity index is 3.16. The number of nitrogens with two attached hydrogens (primary N) is 1. The summed E-state index contributed by atoms with van der Waals surface area (Å²) in [7, 11) is 3.23. The Morgan fingerprint density at radius 1 is 1.38 bits per heavy atom. The molecule has 0 amide bonds. The van der Waals surface area contributed by atoms with Gasteiger partial charge < -0.3 is 9.47 Å². The number of methoxy groups -OCH3 is 2. The topological polar surface area (TPSA) is 56.5 Å². The van der Waals surface area contributed by atoms with Crippen molar-refractivity contribution in [3.05, 3.63) is 35.9 Å². The summed E-state index contributed by atoms with van der Waals surface area (Å²) in [4.78, 5) is 0. The van der Waals surface area contributed by atoms with Crippen molar-refractivity contribution in [3.63, 3.8) is 0 Å². The van der Waals surface area contributed by atoms with E-state index in [1.807, 2.05) is 25.1 Å². The van der Waals surface area contributed by atoms with E-state index < -0.39 is 0 Å². The first-order valence-electron chi connectivity index (χ1n) is 4.97. The zero-order valence-corrected chi connectivity index (χ0v) is 9.91. The fourth-order valence-electron chi connectivity index (χ4n) is 1.55. The molecular formula is C12H18N2O2. The minimum absolute atomic E-state index is 0.124. The lowest BCUT2D eigenvalue weighted by atomic mass is 10.0. The summed E-state index contributed by atoms with van der Waals surface area (Å²) in [6.45, 7) is 5.80. The summed E-state index contributed by atoms with van der Waals surface area (Å²) >= 11 is 0. The monoisotopic (exact) mass is 222 g/mol. The van der Waals surface area contributed by atoms with Gasteiger partial charge in [0.2, 0.25) is 0 Å². The normalized spacial score (nSPS) is 12.0. The molecule has 1 atom stereocenters. The van der Waals surface area contributed by atoms with Crippen molar-refractivity contribution in [1.82, 2.24) is 5.43 Å². The highest BCUT2D eigenvalue weighted by molar-refractivity contribution is 5.44. The zero-order chi connectivity index (χ0) is 12.1. The quantitative estimate of drug-likeness (QED) is 0.453. The van der Waals surface area contributed by atoms with Crippen molar-refractivity contribution >= 4 is 0 Å². The lowest BCUT2D eigenvalue weighted by molar-refractivity contribution is 0.387. The van der Waals surface area contributed by atoms with Crippen LogP contribution in [-0.2, 0) is 0 Å². The summed E-state index contributed by atoms with van der Waals surface area (Å²) in [5.41, 5.74) is 4.57. The van der Waals surface area contributed by atoms with Crippen LogP contribution in [0.1, 0.15) is 18.5 Å². The van der Waals surface area contributed by atoms with Crippen LogP contribution in [0.3, 0.4) is 0 Å². The zero-order valence-electron chi connectivity index (χ0n) is 9.91. The molecular weight excluding hydrogens is 204 g/mol. The van der Waals surface area contributed by atoms with Gasteiger partial charge >= 0.3 is 0 Å². The van der Waals surface area contributed by atoms with Gasteiger partial charge in [-0.3, -0.25) is 5.84 Å². The van der Waals surface area contributed by atoms with Crippen molar-refractivity contribution in [3.8, 4) is 11.5 Å². The smallest absolute Gasteiger partial charge is 0.127 e. The van der Waals surface area contributed by atoms with Gasteiger partial charge in [0.05, 0.1) is 20.3 Å². The Morgan fingerprint density at radius 3 is 2.50 bits per heavy atom. The second-order valence-electron chi connectivity index (χ2n) is 3.55. The average molecular weight is 222 g/mol. The highest BCUT2D eigenvalue weighted by atomic mass is 16.5. The van der Waals surface area contributed by atoms with E-state index in [9.17, 15) is 0 Å². The van der Waals surface area contributed by atoms with E-state index >= 15 is 0 Å². The van der Waals surface area contributed by atoms with E-state index in [-0.39, 0.29) is 6.04 Å². The molecule has 3 N–H and O–H groups in total. The summed E-state index contributed by atoms with van der Waals surface area (Å²) in [6.07, 6.45) is 0. The number of hydrogen-bond acceptors (Lipinski definition) is 4. The van der Waals surface area contributed by atoms with E-state index in [0.717, 1.165) is 22.6 Å². The molecule has 1 unspecified atom stereocenters. The third kappa shape index (κ3) is 2.53. The van der Waals surface area contributed by atoms with Crippen LogP contribution < -0.4 is 20.7 Å². The van der Waals surface area contributed by atoms with E-state index in [2.05, 4.69) is 12.0 Å². The summed E-state index contributed by atoms with van der Waals surface area (Å²) in [5, 5.41) is 0. The number of nitrogens with one attached hydrogen (secondary N) is 1. The maximum Gasteiger partial charge on any atom is 0.127 e. The van der Waals surface area contributed by atoms with Gasteiger partial charge in [-0.2, -0.15) is 0 Å². The maximum absolute atomic E-state index is 5.50. The van der Waals surface area contributed by atoms with Crippen molar-refractivity contribution in [2.75, 3.05) is 14.2 Å². The largest absolute Gasteiger partial charge is 0.497 e. The first-order chi connectivity index (χ1) is 7.63. The van der Waals surface area contributed by atoms with E-state index in [1.165, 1.54) is 0 Å². The predicted molar refractivity (Wildman–Crippen MR) is 64.4 cm³/mol. The van der Waals surface area contributed by atoms with Crippen molar-refractivity contribution in [2.45, 2.75) is 13.0 Å². The summed E-state index contributed by atoms with van der Waals surface area (Å²) in [6, 6.07) is 5.48. The highest BCUT2D eigenvalue weighted by Crippen LogP contribution is 2.31. The van der Waals surface area contributed by atoms with Crippen LogP contribution in [0.4, 0.5) is 0 Å². The molecule has 1 aromatic carbocycles. The fraction of sp³-hybridized carbons (Fsp3) is 0.333. The molecule has 0 heterocycles. The third-order valence-corrected chi connectivity index (χ3v) is 2.41. The molecule has 1 rings (SSSR count). The molecule has 0 aliphatic carbocycles. The Bertz CT molecular complexity index is 377. The highest BCUT2D eigenvalue weighted by Gasteiger charge is 2.15. The van der Waals surface area contributed by atoms with Gasteiger partial charge in [-0.1, -0.05) is 12.2 Å². The fourth-order valence-corrected chi connectivity index (χ4v) is 1.55. The van der Waals surface area contributed by atoms with Crippen LogP contribution >= 0.6 is 0 Å². The first kappa shape index (κ1) is 12.5. The van der Waals surface area contributed by atoms with Crippen LogP contribution in [0.15, 0.2) is 30.4 Å². The van der Waals surface area contributed by atoms with Gasteiger partial charge in [0.1, 0.15) is 11.5 Å². The van der Waals surface area contributed by atoms with Crippen LogP contribution in [0.5, 0.6) is 11.5 Å². The molecule has 0 fully saturated rings. The van der Waals surface area contributed by atoms with Gasteiger partial charge in [0, 0.05) is 11.6 Å². The number of hydrazine groups is 1. The van der Waals surface area contributed by atoms with E-state index in [4.69, 9.17) is 15.3 Å². The first-order valence-corrected chi connectivity index (χ1v) is 4.97. The van der Waals surface area contributed by atoms with Crippen LogP contribution in [-0.4, -0.2) is 14.2 Å². The van der Waals surface area contributed by atoms with E-state index in [0.29, 0.717) is 0 Å². The molecule has 88 valence electrons. The molecule has 0 spiro atoms. The SMILES string of the molecule is C=C(C)C(NN)c1ccc(OC)cc1OC. The molecule has 0 saturated carbocycles. The van der Waals surface area contributed by atoms with E-state index in [1.54, 1.807) is 14.2 Å². The molecule has 0 saturated heterocycles. The minimum atomic E-state index is -0.124. The average Bonchev–Trinajstić information content (AvgIpc) is 2.29. The number of hydrogen-bond donors (Lipinski definition) is 2. The molecule has 1 aromatic rings. The number of rotatable bonds is 5. The molecule has 4 heteroatoms. The number of benzene rings is 1. The van der Waals surface area contributed by atoms with Gasteiger partial charge in [0.25, 0.3) is 0 Å². The third-order valence-electron chi connectivity index (χ3n) is 2.41. The van der Waals surface area contributed by atoms with Gasteiger partial charge in [0.15, 0.2) is 0 Å². The Kier molecular flexibility index (Phi) is 4.34. The Labute approximate surface area is 96.0 Å². The summed E-state index contributed by atoms with van der Waals surface area (Å²) < 4.78 is 10.4. The molecule has 16 heavy (non-hydrogen) atoms. The number of ether oxygens (including phenoxy) is 2. The van der Waals surface area contributed by atoms with Gasteiger partial charge in [-0.05, 0) is 19.1 Å². The van der Waals surface area contributed by atoms with Gasteiger partial charge in [-0.25, -0.2) is 5.43 Å². The standard InChI is InChI=1S/C12H18N2O2/c1-8(2)12(14-13)10-6-5-9(15-3)7-11(10)16-4/h5-7,12,14H,1,13H2,2-4H3. The Morgan fingerprint density at radius 2 is 2.06 bits per heavy atom. The lowest BCUT2D eigenvalue weighted by Gasteiger charge is -2.19. The van der Waals surface area contributed by atoms with Crippen LogP contribution in [0.2, 0.25) is 0 Å². The molecule has 0 aliphatic rings. The maximum atomic E-state index is 5.50. The minimum Gasteiger partial charge on any atom is -0.497 e. The van der Waals surface area contributed by atoms with Crippen molar-refractivity contribution < 1.29 is 9.47 Å². The molecule has 4 nitrogen and oxygen atoms in total. The second-order valence-corrected chi connectivity index (χ2v) is 3.55.